The summed E-state index contributed by atoms with van der Waals surface area (Å²) in [6.07, 6.45) is -4.96. The van der Waals surface area contributed by atoms with Crippen LogP contribution in [0.4, 0.5) is 24.5 Å². The molecule has 0 N–H and O–H groups in total. The van der Waals surface area contributed by atoms with E-state index in [2.05, 4.69) is 10.4 Å². The van der Waals surface area contributed by atoms with Gasteiger partial charge in [0.25, 0.3) is 5.69 Å². The fraction of sp³-hybridized carbons (Fsp3) is 0.188. The van der Waals surface area contributed by atoms with Gasteiger partial charge in [0.2, 0.25) is 0 Å². The lowest BCUT2D eigenvalue weighted by Crippen LogP contribution is -2.39. The van der Waals surface area contributed by atoms with E-state index in [9.17, 15) is 28.1 Å². The van der Waals surface area contributed by atoms with Crippen molar-refractivity contribution in [3.8, 4) is 0 Å². The average molecular weight is 414 g/mol. The minimum atomic E-state index is -4.48. The van der Waals surface area contributed by atoms with Crippen LogP contribution in [0, 0.1) is 10.1 Å². The maximum Gasteiger partial charge on any atom is 0.416 e. The third kappa shape index (κ3) is 3.88. The summed E-state index contributed by atoms with van der Waals surface area (Å²) < 4.78 is 38.1. The number of nitro benzene ring substituents is 1. The first-order valence-electron chi connectivity index (χ1n) is 7.73. The number of non-ortho nitro benzene ring substituents is 1. The number of carbonyl (C=O) groups excluding carboxylic acids is 1. The van der Waals surface area contributed by atoms with Crippen LogP contribution < -0.4 is 5.01 Å². The van der Waals surface area contributed by atoms with Crippen LogP contribution in [0.1, 0.15) is 11.1 Å². The zero-order valence-corrected chi connectivity index (χ0v) is 14.6. The molecule has 28 heavy (non-hydrogen) atoms. The highest BCUT2D eigenvalue weighted by Crippen LogP contribution is 2.33. The van der Waals surface area contributed by atoms with Crippen molar-refractivity contribution in [3.05, 3.63) is 68.7 Å². The van der Waals surface area contributed by atoms with Crippen LogP contribution in [0.3, 0.4) is 0 Å². The number of carbonyl (C=O) groups is 1. The van der Waals surface area contributed by atoms with Gasteiger partial charge < -0.3 is 0 Å². The fourth-order valence-electron chi connectivity index (χ4n) is 2.54. The molecule has 0 aromatic heterocycles. The Bertz CT molecular complexity index is 936. The number of halogens is 4. The molecule has 8 nitrogen and oxygen atoms in total. The van der Waals surface area contributed by atoms with Gasteiger partial charge in [-0.3, -0.25) is 14.9 Å². The maximum atomic E-state index is 12.7. The molecule has 3 rings (SSSR count). The molecule has 1 aliphatic rings. The second-order valence-corrected chi connectivity index (χ2v) is 6.16. The molecular weight excluding hydrogens is 403 g/mol. The summed E-state index contributed by atoms with van der Waals surface area (Å²) in [6, 6.07) is 7.98. The lowest BCUT2D eigenvalue weighted by molar-refractivity contribution is -0.384. The summed E-state index contributed by atoms with van der Waals surface area (Å²) in [7, 11) is 0. The third-order valence-electron chi connectivity index (χ3n) is 3.97. The predicted molar refractivity (Wildman–Crippen MR) is 92.3 cm³/mol. The molecule has 1 heterocycles. The van der Waals surface area contributed by atoms with Crippen LogP contribution in [-0.4, -0.2) is 22.4 Å². The molecule has 0 aliphatic carbocycles. The number of benzene rings is 2. The van der Waals surface area contributed by atoms with Crippen molar-refractivity contribution >= 4 is 29.3 Å². The van der Waals surface area contributed by atoms with E-state index in [0.717, 1.165) is 17.1 Å². The van der Waals surface area contributed by atoms with E-state index in [1.54, 1.807) is 0 Å². The van der Waals surface area contributed by atoms with Crippen molar-refractivity contribution in [2.24, 2.45) is 10.4 Å². The minimum Gasteiger partial charge on any atom is -0.299 e. The molecule has 0 radical (unpaired) electrons. The Morgan fingerprint density at radius 3 is 2.39 bits per heavy atom. The Morgan fingerprint density at radius 2 is 1.86 bits per heavy atom. The lowest BCUT2D eigenvalue weighted by Gasteiger charge is -2.24. The zero-order chi connectivity index (χ0) is 20.5. The van der Waals surface area contributed by atoms with E-state index >= 15 is 0 Å². The highest BCUT2D eigenvalue weighted by Gasteiger charge is 2.33. The van der Waals surface area contributed by atoms with Gasteiger partial charge in [-0.1, -0.05) is 16.8 Å². The number of rotatable bonds is 5. The number of nitro groups is 1. The van der Waals surface area contributed by atoms with Crippen LogP contribution in [0.2, 0.25) is 5.02 Å². The van der Waals surface area contributed by atoms with E-state index in [1.165, 1.54) is 35.3 Å². The normalized spacial score (nSPS) is 16.5. The highest BCUT2D eigenvalue weighted by atomic mass is 35.5. The van der Waals surface area contributed by atoms with E-state index in [0.29, 0.717) is 11.8 Å². The highest BCUT2D eigenvalue weighted by molar-refractivity contribution is 6.31. The number of anilines is 1. The molecule has 1 atom stereocenters. The topological polar surface area (TPSA) is 91.4 Å². The number of aldehydes is 1. The van der Waals surface area contributed by atoms with Gasteiger partial charge in [0.1, 0.15) is 0 Å². The van der Waals surface area contributed by atoms with Gasteiger partial charge in [0.05, 0.1) is 27.7 Å². The molecular formula is C16H11ClF3N5O3. The first-order chi connectivity index (χ1) is 13.2. The molecule has 0 fully saturated rings. The second-order valence-electron chi connectivity index (χ2n) is 5.75. The number of nitrogens with zero attached hydrogens (tertiary/aromatic N) is 5. The van der Waals surface area contributed by atoms with Crippen molar-refractivity contribution in [3.63, 3.8) is 0 Å². The summed E-state index contributed by atoms with van der Waals surface area (Å²) in [5.74, 6) is 0. The Labute approximate surface area is 160 Å². The summed E-state index contributed by atoms with van der Waals surface area (Å²) in [6.45, 7) is 0.0148. The maximum absolute atomic E-state index is 12.7. The smallest absolute Gasteiger partial charge is 0.299 e. The van der Waals surface area contributed by atoms with Crippen molar-refractivity contribution in [2.75, 3.05) is 5.01 Å². The predicted octanol–water partition coefficient (Wildman–Crippen LogP) is 4.40. The first kappa shape index (κ1) is 19.5. The molecule has 146 valence electrons. The van der Waals surface area contributed by atoms with Crippen molar-refractivity contribution < 1.29 is 22.9 Å². The largest absolute Gasteiger partial charge is 0.416 e. The molecule has 1 unspecified atom stereocenters. The van der Waals surface area contributed by atoms with Crippen LogP contribution in [0.15, 0.2) is 52.9 Å². The lowest BCUT2D eigenvalue weighted by atomic mass is 10.2. The molecule has 1 aliphatic heterocycles. The van der Waals surface area contributed by atoms with Crippen LogP contribution >= 0.6 is 11.6 Å². The quantitative estimate of drug-likeness (QED) is 0.411. The summed E-state index contributed by atoms with van der Waals surface area (Å²) in [5.41, 5.74) is -0.307. The van der Waals surface area contributed by atoms with Crippen LogP contribution in [0.25, 0.3) is 0 Å². The molecule has 0 amide bonds. The van der Waals surface area contributed by atoms with Gasteiger partial charge in [-0.2, -0.15) is 13.2 Å². The Kier molecular flexibility index (Phi) is 5.18. The van der Waals surface area contributed by atoms with Crippen molar-refractivity contribution in [2.45, 2.75) is 18.9 Å². The first-order valence-corrected chi connectivity index (χ1v) is 8.11. The summed E-state index contributed by atoms with van der Waals surface area (Å²) >= 11 is 6.04. The van der Waals surface area contributed by atoms with Gasteiger partial charge in [0, 0.05) is 12.1 Å². The SMILES string of the molecule is O=CC1N(Cc2ccc([N+](=O)[O-])cc2Cl)N=NN1c1ccc(C(F)(F)F)cc1. The number of alkyl halides is 3. The van der Waals surface area contributed by atoms with Crippen LogP contribution in [0.5, 0.6) is 0 Å². The van der Waals surface area contributed by atoms with E-state index in [-0.39, 0.29) is 22.9 Å². The molecule has 2 aromatic carbocycles. The van der Waals surface area contributed by atoms with E-state index in [1.807, 2.05) is 0 Å². The molecule has 0 saturated carbocycles. The molecule has 0 saturated heterocycles. The van der Waals surface area contributed by atoms with Gasteiger partial charge in [-0.05, 0) is 41.1 Å². The van der Waals surface area contributed by atoms with Gasteiger partial charge in [-0.25, -0.2) is 10.0 Å². The number of hydrogen-bond donors (Lipinski definition) is 0. The monoisotopic (exact) mass is 413 g/mol. The summed E-state index contributed by atoms with van der Waals surface area (Å²) in [4.78, 5) is 21.7. The molecule has 0 bridgehead atoms. The zero-order valence-electron chi connectivity index (χ0n) is 13.9. The minimum absolute atomic E-state index is 0.0148. The standard InChI is InChI=1S/C16H11ClF3N5O3/c17-14-7-13(25(27)28)4-1-10(14)8-23-15(9-26)24(22-21-23)12-5-2-11(3-6-12)16(18,19)20/h1-7,9,15H,8H2. The molecule has 0 spiro atoms. The number of hydrogen-bond acceptors (Lipinski definition) is 7. The van der Waals surface area contributed by atoms with Gasteiger partial charge >= 0.3 is 6.18 Å². The van der Waals surface area contributed by atoms with Gasteiger partial charge in [0.15, 0.2) is 12.5 Å². The summed E-state index contributed by atoms with van der Waals surface area (Å²) in [5, 5.41) is 21.0. The average Bonchev–Trinajstić information content (AvgIpc) is 3.05. The molecule has 2 aromatic rings. The molecule has 12 heteroatoms. The third-order valence-corrected chi connectivity index (χ3v) is 4.32. The van der Waals surface area contributed by atoms with Crippen molar-refractivity contribution in [1.82, 2.24) is 5.01 Å². The Morgan fingerprint density at radius 1 is 1.18 bits per heavy atom. The Balaban J connectivity index is 1.78. The second kappa shape index (κ2) is 7.43. The van der Waals surface area contributed by atoms with E-state index < -0.39 is 22.8 Å². The van der Waals surface area contributed by atoms with Gasteiger partial charge in [-0.15, -0.1) is 0 Å². The Hall–Kier alpha value is -3.21. The van der Waals surface area contributed by atoms with Crippen molar-refractivity contribution in [1.29, 1.82) is 0 Å². The van der Waals surface area contributed by atoms with E-state index in [4.69, 9.17) is 11.6 Å². The fourth-order valence-corrected chi connectivity index (χ4v) is 2.77. The van der Waals surface area contributed by atoms with Crippen LogP contribution in [-0.2, 0) is 17.5 Å².